The van der Waals surface area contributed by atoms with Gasteiger partial charge in [-0.3, -0.25) is 19.8 Å². The van der Waals surface area contributed by atoms with E-state index in [0.717, 1.165) is 36.5 Å². The number of amides is 1. The summed E-state index contributed by atoms with van der Waals surface area (Å²) in [6.07, 6.45) is 1.62. The topological polar surface area (TPSA) is 89.8 Å². The standard InChI is InChI=1S/C15H18N4O2/c20-14(7-10-5-6-16-9-10)17-12-3-1-11(2-4-12)13-8-15(21)19-18-13/h1-4,8,10,16H,5-7,9H2,(H,17,20)(H2,18,19,21). The molecule has 1 amide bonds. The van der Waals surface area contributed by atoms with Crippen LogP contribution in [0.2, 0.25) is 0 Å². The summed E-state index contributed by atoms with van der Waals surface area (Å²) in [5, 5.41) is 11.5. The molecule has 1 aromatic heterocycles. The van der Waals surface area contributed by atoms with Gasteiger partial charge in [-0.1, -0.05) is 12.1 Å². The molecule has 110 valence electrons. The molecule has 1 fully saturated rings. The maximum Gasteiger partial charge on any atom is 0.264 e. The molecule has 2 heterocycles. The zero-order valence-corrected chi connectivity index (χ0v) is 11.6. The Bertz CT molecular complexity index is 665. The molecule has 0 radical (unpaired) electrons. The average Bonchev–Trinajstić information content (AvgIpc) is 3.11. The van der Waals surface area contributed by atoms with E-state index in [0.29, 0.717) is 12.3 Å². The van der Waals surface area contributed by atoms with E-state index in [4.69, 9.17) is 0 Å². The van der Waals surface area contributed by atoms with Gasteiger partial charge in [-0.05, 0) is 43.1 Å². The summed E-state index contributed by atoms with van der Waals surface area (Å²) in [4.78, 5) is 23.0. The predicted molar refractivity (Wildman–Crippen MR) is 81.1 cm³/mol. The third-order valence-corrected chi connectivity index (χ3v) is 3.71. The fourth-order valence-electron chi connectivity index (χ4n) is 2.58. The third kappa shape index (κ3) is 3.41. The van der Waals surface area contributed by atoms with Crippen LogP contribution >= 0.6 is 0 Å². The molecule has 1 aliphatic heterocycles. The van der Waals surface area contributed by atoms with Gasteiger partial charge < -0.3 is 10.6 Å². The average molecular weight is 286 g/mol. The number of aromatic nitrogens is 2. The highest BCUT2D eigenvalue weighted by Crippen LogP contribution is 2.19. The summed E-state index contributed by atoms with van der Waals surface area (Å²) in [6, 6.07) is 8.91. The number of hydrogen-bond donors (Lipinski definition) is 4. The van der Waals surface area contributed by atoms with Gasteiger partial charge in [0, 0.05) is 18.2 Å². The number of rotatable bonds is 4. The van der Waals surface area contributed by atoms with Crippen LogP contribution < -0.4 is 16.2 Å². The Morgan fingerprint density at radius 3 is 2.67 bits per heavy atom. The number of anilines is 1. The summed E-state index contributed by atoms with van der Waals surface area (Å²) in [6.45, 7) is 1.93. The second-order valence-corrected chi connectivity index (χ2v) is 5.36. The van der Waals surface area contributed by atoms with Gasteiger partial charge in [0.2, 0.25) is 5.91 Å². The summed E-state index contributed by atoms with van der Waals surface area (Å²) < 4.78 is 0. The minimum Gasteiger partial charge on any atom is -0.326 e. The molecule has 0 spiro atoms. The van der Waals surface area contributed by atoms with E-state index < -0.39 is 0 Å². The van der Waals surface area contributed by atoms with Gasteiger partial charge in [0.1, 0.15) is 0 Å². The SMILES string of the molecule is O=C(CC1CCNC1)Nc1ccc(-c2cc(=O)[nH][nH]2)cc1. The zero-order chi connectivity index (χ0) is 14.7. The Hall–Kier alpha value is -2.34. The molecule has 3 rings (SSSR count). The Balaban J connectivity index is 1.61. The lowest BCUT2D eigenvalue weighted by molar-refractivity contribution is -0.116. The normalized spacial score (nSPS) is 17.8. The van der Waals surface area contributed by atoms with E-state index in [1.54, 1.807) is 0 Å². The van der Waals surface area contributed by atoms with Crippen molar-refractivity contribution in [1.82, 2.24) is 15.5 Å². The molecule has 6 nitrogen and oxygen atoms in total. The summed E-state index contributed by atoms with van der Waals surface area (Å²) >= 11 is 0. The number of benzene rings is 1. The monoisotopic (exact) mass is 286 g/mol. The van der Waals surface area contributed by atoms with E-state index in [1.807, 2.05) is 24.3 Å². The number of hydrogen-bond acceptors (Lipinski definition) is 3. The van der Waals surface area contributed by atoms with Crippen molar-refractivity contribution in [1.29, 1.82) is 0 Å². The van der Waals surface area contributed by atoms with Crippen LogP contribution in [0.5, 0.6) is 0 Å². The van der Waals surface area contributed by atoms with Gasteiger partial charge in [-0.25, -0.2) is 0 Å². The number of carbonyl (C=O) groups is 1. The first-order chi connectivity index (χ1) is 10.2. The minimum atomic E-state index is -0.160. The fourth-order valence-corrected chi connectivity index (χ4v) is 2.58. The lowest BCUT2D eigenvalue weighted by Crippen LogP contribution is -2.18. The number of nitrogens with one attached hydrogen (secondary N) is 4. The van der Waals surface area contributed by atoms with Crippen molar-refractivity contribution in [2.24, 2.45) is 5.92 Å². The molecular formula is C15H18N4O2. The first-order valence-electron chi connectivity index (χ1n) is 7.09. The van der Waals surface area contributed by atoms with Crippen molar-refractivity contribution < 1.29 is 4.79 Å². The van der Waals surface area contributed by atoms with Gasteiger partial charge in [-0.2, -0.15) is 0 Å². The highest BCUT2D eigenvalue weighted by molar-refractivity contribution is 5.91. The molecule has 6 heteroatoms. The van der Waals surface area contributed by atoms with Gasteiger partial charge in [0.15, 0.2) is 0 Å². The van der Waals surface area contributed by atoms with Gasteiger partial charge >= 0.3 is 0 Å². The Morgan fingerprint density at radius 2 is 2.05 bits per heavy atom. The second-order valence-electron chi connectivity index (χ2n) is 5.36. The Kier molecular flexibility index (Phi) is 3.87. The van der Waals surface area contributed by atoms with Crippen LogP contribution in [-0.4, -0.2) is 29.2 Å². The van der Waals surface area contributed by atoms with Crippen LogP contribution in [0.25, 0.3) is 11.3 Å². The molecule has 4 N–H and O–H groups in total. The predicted octanol–water partition coefficient (Wildman–Crippen LogP) is 1.31. The number of carbonyl (C=O) groups excluding carboxylic acids is 1. The van der Waals surface area contributed by atoms with Crippen molar-refractivity contribution in [3.8, 4) is 11.3 Å². The van der Waals surface area contributed by atoms with E-state index in [-0.39, 0.29) is 11.5 Å². The lowest BCUT2D eigenvalue weighted by atomic mass is 10.0. The first-order valence-corrected chi connectivity index (χ1v) is 7.09. The van der Waals surface area contributed by atoms with Gasteiger partial charge in [-0.15, -0.1) is 0 Å². The number of aromatic amines is 2. The van der Waals surface area contributed by atoms with Gasteiger partial charge in [0.05, 0.1) is 5.69 Å². The van der Waals surface area contributed by atoms with Crippen LogP contribution in [0, 0.1) is 5.92 Å². The molecule has 0 aliphatic carbocycles. The summed E-state index contributed by atoms with van der Waals surface area (Å²) in [5.41, 5.74) is 2.24. The highest BCUT2D eigenvalue weighted by Gasteiger charge is 2.17. The third-order valence-electron chi connectivity index (χ3n) is 3.71. The van der Waals surface area contributed by atoms with Crippen LogP contribution in [-0.2, 0) is 4.79 Å². The quantitative estimate of drug-likeness (QED) is 0.683. The molecule has 0 bridgehead atoms. The molecule has 1 atom stereocenters. The van der Waals surface area contributed by atoms with E-state index in [2.05, 4.69) is 20.8 Å². The maximum absolute atomic E-state index is 11.9. The van der Waals surface area contributed by atoms with Crippen LogP contribution in [0.15, 0.2) is 35.1 Å². The minimum absolute atomic E-state index is 0.0477. The number of H-pyrrole nitrogens is 2. The summed E-state index contributed by atoms with van der Waals surface area (Å²) in [7, 11) is 0. The van der Waals surface area contributed by atoms with Crippen molar-refractivity contribution in [2.45, 2.75) is 12.8 Å². The van der Waals surface area contributed by atoms with Crippen LogP contribution in [0.3, 0.4) is 0 Å². The van der Waals surface area contributed by atoms with Crippen LogP contribution in [0.1, 0.15) is 12.8 Å². The Morgan fingerprint density at radius 1 is 1.24 bits per heavy atom. The molecule has 1 aliphatic rings. The largest absolute Gasteiger partial charge is 0.326 e. The van der Waals surface area contributed by atoms with Gasteiger partial charge in [0.25, 0.3) is 5.56 Å². The van der Waals surface area contributed by atoms with Crippen molar-refractivity contribution >= 4 is 11.6 Å². The van der Waals surface area contributed by atoms with E-state index >= 15 is 0 Å². The zero-order valence-electron chi connectivity index (χ0n) is 11.6. The molecule has 1 unspecified atom stereocenters. The summed E-state index contributed by atoms with van der Waals surface area (Å²) in [5.74, 6) is 0.487. The molecule has 1 saturated heterocycles. The maximum atomic E-state index is 11.9. The highest BCUT2D eigenvalue weighted by atomic mass is 16.1. The second kappa shape index (κ2) is 5.97. The molecule has 21 heavy (non-hydrogen) atoms. The van der Waals surface area contributed by atoms with Crippen molar-refractivity contribution in [2.75, 3.05) is 18.4 Å². The Labute approximate surface area is 121 Å². The molecular weight excluding hydrogens is 268 g/mol. The van der Waals surface area contributed by atoms with Crippen LogP contribution in [0.4, 0.5) is 5.69 Å². The fraction of sp³-hybridized carbons (Fsp3) is 0.333. The molecule has 0 saturated carbocycles. The van der Waals surface area contributed by atoms with E-state index in [1.165, 1.54) is 6.07 Å². The molecule has 2 aromatic rings. The van der Waals surface area contributed by atoms with Crippen molar-refractivity contribution in [3.63, 3.8) is 0 Å². The lowest BCUT2D eigenvalue weighted by Gasteiger charge is -2.09. The van der Waals surface area contributed by atoms with E-state index in [9.17, 15) is 9.59 Å². The molecule has 1 aromatic carbocycles. The first kappa shape index (κ1) is 13.6. The smallest absolute Gasteiger partial charge is 0.264 e. The van der Waals surface area contributed by atoms with Crippen molar-refractivity contribution in [3.05, 3.63) is 40.7 Å².